The predicted octanol–water partition coefficient (Wildman–Crippen LogP) is 5.35. The Bertz CT molecular complexity index is 2290. The molecule has 3 heterocycles. The molecular formula is C40H41NO13. The van der Waals surface area contributed by atoms with Gasteiger partial charge in [0.05, 0.1) is 86.3 Å². The molecule has 0 fully saturated rings. The van der Waals surface area contributed by atoms with Crippen LogP contribution in [0.15, 0.2) is 73.2 Å². The summed E-state index contributed by atoms with van der Waals surface area (Å²) in [4.78, 5) is 42.3. The van der Waals surface area contributed by atoms with Crippen LogP contribution in [0.4, 0.5) is 0 Å². The van der Waals surface area contributed by atoms with E-state index in [9.17, 15) is 19.5 Å². The minimum absolute atomic E-state index is 0.0278. The predicted molar refractivity (Wildman–Crippen MR) is 196 cm³/mol. The van der Waals surface area contributed by atoms with Gasteiger partial charge in [-0.1, -0.05) is 0 Å². The van der Waals surface area contributed by atoms with Crippen LogP contribution in [0, 0.1) is 0 Å². The fourth-order valence-corrected chi connectivity index (χ4v) is 6.97. The summed E-state index contributed by atoms with van der Waals surface area (Å²) in [6.07, 6.45) is 1.35. The molecule has 54 heavy (non-hydrogen) atoms. The molecule has 1 N–H and O–H groups in total. The maximum Gasteiger partial charge on any atom is 0.306 e. The van der Waals surface area contributed by atoms with Crippen molar-refractivity contribution in [3.05, 3.63) is 109 Å². The normalized spacial score (nSPS) is 14.5. The van der Waals surface area contributed by atoms with Gasteiger partial charge in [-0.3, -0.25) is 19.3 Å². The minimum atomic E-state index is -1.25. The summed E-state index contributed by atoms with van der Waals surface area (Å²) in [5.41, 5.74) is 1.65. The van der Waals surface area contributed by atoms with E-state index in [4.69, 9.17) is 42.0 Å². The molecule has 0 saturated carbocycles. The molecule has 284 valence electrons. The molecule has 2 atom stereocenters. The lowest BCUT2D eigenvalue weighted by Gasteiger charge is -2.38. The highest BCUT2D eigenvalue weighted by Gasteiger charge is 2.34. The van der Waals surface area contributed by atoms with Gasteiger partial charge in [0.1, 0.15) is 17.1 Å². The Morgan fingerprint density at radius 1 is 0.852 bits per heavy atom. The number of methoxy groups -OCH3 is 7. The zero-order valence-electron chi connectivity index (χ0n) is 31.0. The first-order chi connectivity index (χ1) is 26.1. The van der Waals surface area contributed by atoms with E-state index in [2.05, 4.69) is 4.90 Å². The summed E-state index contributed by atoms with van der Waals surface area (Å²) in [6.45, 7) is 0.553. The second-order valence-electron chi connectivity index (χ2n) is 12.5. The van der Waals surface area contributed by atoms with E-state index in [0.717, 1.165) is 16.7 Å². The Labute approximate surface area is 310 Å². The van der Waals surface area contributed by atoms with E-state index in [0.29, 0.717) is 47.5 Å². The van der Waals surface area contributed by atoms with E-state index < -0.39 is 41.0 Å². The standard InChI is InChI=1S/C40H41NO13/c1-46-23-8-9-30-27(15-23)37(44)28(20-53-30)26(18-35(43)51-6)39-38(45)29(42)16-24(54-39)19-41-11-10-21-12-31(47-2)32(48-3)17-25(21)36(41)22-13-33(49-4)40(52-7)34(14-22)50-5/h8-9,12-17,20,26,36,45H,10-11,18-19H2,1-7H3/t26-,36-/m0/s1. The second-order valence-corrected chi connectivity index (χ2v) is 12.5. The van der Waals surface area contributed by atoms with Crippen LogP contribution in [0.2, 0.25) is 0 Å². The smallest absolute Gasteiger partial charge is 0.306 e. The molecule has 14 heteroatoms. The van der Waals surface area contributed by atoms with E-state index >= 15 is 0 Å². The van der Waals surface area contributed by atoms with Crippen LogP contribution in [0.1, 0.15) is 52.2 Å². The average molecular weight is 744 g/mol. The topological polar surface area (TPSA) is 166 Å². The van der Waals surface area contributed by atoms with Crippen LogP contribution in [0.25, 0.3) is 11.0 Å². The van der Waals surface area contributed by atoms with E-state index in [1.807, 2.05) is 24.3 Å². The number of hydrogen-bond acceptors (Lipinski definition) is 14. The SMILES string of the molecule is COC(=O)C[C@H](c1oc(CN2CCc3cc(OC)c(OC)cc3[C@@H]2c2cc(OC)c(OC)c(OC)c2)cc(=O)c1O)c1coc2ccc(OC)cc2c1=O. The van der Waals surface area contributed by atoms with Gasteiger partial charge in [-0.15, -0.1) is 0 Å². The molecule has 0 unspecified atom stereocenters. The van der Waals surface area contributed by atoms with Gasteiger partial charge in [0.25, 0.3) is 0 Å². The molecule has 1 aliphatic rings. The molecule has 0 saturated heterocycles. The summed E-state index contributed by atoms with van der Waals surface area (Å²) in [5.74, 6) is -0.0253. The number of rotatable bonds is 13. The Balaban J connectivity index is 1.50. The van der Waals surface area contributed by atoms with Gasteiger partial charge in [0, 0.05) is 18.2 Å². The molecule has 6 rings (SSSR count). The monoisotopic (exact) mass is 743 g/mol. The van der Waals surface area contributed by atoms with Crippen LogP contribution in [-0.4, -0.2) is 72.3 Å². The lowest BCUT2D eigenvalue weighted by molar-refractivity contribution is -0.141. The maximum atomic E-state index is 13.9. The number of carbonyl (C=O) groups excluding carboxylic acids is 1. The number of esters is 1. The van der Waals surface area contributed by atoms with E-state index in [1.165, 1.54) is 53.9 Å². The van der Waals surface area contributed by atoms with E-state index in [1.54, 1.807) is 26.4 Å². The fourth-order valence-electron chi connectivity index (χ4n) is 6.97. The van der Waals surface area contributed by atoms with Gasteiger partial charge in [-0.2, -0.15) is 0 Å². The summed E-state index contributed by atoms with van der Waals surface area (Å²) >= 11 is 0. The molecule has 0 spiro atoms. The molecule has 0 amide bonds. The highest BCUT2D eigenvalue weighted by molar-refractivity contribution is 5.79. The quantitative estimate of drug-likeness (QED) is 0.154. The largest absolute Gasteiger partial charge is 0.502 e. The third-order valence-corrected chi connectivity index (χ3v) is 9.63. The van der Waals surface area contributed by atoms with E-state index in [-0.39, 0.29) is 34.6 Å². The Morgan fingerprint density at radius 2 is 1.54 bits per heavy atom. The average Bonchev–Trinajstić information content (AvgIpc) is 3.20. The highest BCUT2D eigenvalue weighted by Crippen LogP contribution is 2.46. The molecule has 3 aromatic carbocycles. The molecule has 5 aromatic rings. The first-order valence-corrected chi connectivity index (χ1v) is 16.9. The van der Waals surface area contributed by atoms with Crippen LogP contribution >= 0.6 is 0 Å². The van der Waals surface area contributed by atoms with Gasteiger partial charge in [0.2, 0.25) is 16.9 Å². The zero-order valence-corrected chi connectivity index (χ0v) is 31.0. The number of aromatic hydroxyl groups is 1. The summed E-state index contributed by atoms with van der Waals surface area (Å²) < 4.78 is 50.7. The fraction of sp³-hybridized carbons (Fsp3) is 0.325. The third kappa shape index (κ3) is 6.99. The minimum Gasteiger partial charge on any atom is -0.502 e. The van der Waals surface area contributed by atoms with Gasteiger partial charge in [0.15, 0.2) is 34.2 Å². The third-order valence-electron chi connectivity index (χ3n) is 9.63. The summed E-state index contributed by atoms with van der Waals surface area (Å²) in [5, 5.41) is 11.3. The van der Waals surface area contributed by atoms with Gasteiger partial charge < -0.3 is 47.1 Å². The lowest BCUT2D eigenvalue weighted by Crippen LogP contribution is -2.36. The molecule has 0 bridgehead atoms. The molecule has 1 aliphatic heterocycles. The highest BCUT2D eigenvalue weighted by atomic mass is 16.5. The summed E-state index contributed by atoms with van der Waals surface area (Å²) in [7, 11) is 10.4. The van der Waals surface area contributed by atoms with Gasteiger partial charge in [-0.05, 0) is 65.6 Å². The molecule has 0 aliphatic carbocycles. The van der Waals surface area contributed by atoms with Gasteiger partial charge in [-0.25, -0.2) is 0 Å². The number of nitrogens with zero attached hydrogens (tertiary/aromatic N) is 1. The Kier molecular flexibility index (Phi) is 11.0. The van der Waals surface area contributed by atoms with Crippen LogP contribution in [0.5, 0.6) is 40.2 Å². The molecule has 2 aromatic heterocycles. The summed E-state index contributed by atoms with van der Waals surface area (Å²) in [6, 6.07) is 13.0. The number of benzene rings is 3. The molecule has 0 radical (unpaired) electrons. The van der Waals surface area contributed by atoms with Crippen LogP contribution < -0.4 is 39.3 Å². The number of ether oxygens (including phenoxy) is 7. The van der Waals surface area contributed by atoms with Crippen molar-refractivity contribution in [3.63, 3.8) is 0 Å². The van der Waals surface area contributed by atoms with Crippen molar-refractivity contribution >= 4 is 16.9 Å². The second kappa shape index (κ2) is 15.8. The first-order valence-electron chi connectivity index (χ1n) is 16.9. The maximum absolute atomic E-state index is 13.9. The first kappa shape index (κ1) is 37.6. The van der Waals surface area contributed by atoms with Gasteiger partial charge >= 0.3 is 5.97 Å². The number of fused-ring (bicyclic) bond motifs is 2. The van der Waals surface area contributed by atoms with Crippen molar-refractivity contribution in [2.75, 3.05) is 56.3 Å². The van der Waals surface area contributed by atoms with Crippen molar-refractivity contribution in [2.45, 2.75) is 31.3 Å². The van der Waals surface area contributed by atoms with Crippen LogP contribution in [0.3, 0.4) is 0 Å². The number of carbonyl (C=O) groups is 1. The Hall–Kier alpha value is -6.15. The Morgan fingerprint density at radius 3 is 2.17 bits per heavy atom. The number of hydrogen-bond donors (Lipinski definition) is 1. The van der Waals surface area contributed by atoms with Crippen molar-refractivity contribution in [2.24, 2.45) is 0 Å². The molecular weight excluding hydrogens is 702 g/mol. The van der Waals surface area contributed by atoms with Crippen LogP contribution in [-0.2, 0) is 22.5 Å². The molecule has 14 nitrogen and oxygen atoms in total. The lowest BCUT2D eigenvalue weighted by atomic mass is 9.87. The van der Waals surface area contributed by atoms with Crippen molar-refractivity contribution in [1.29, 1.82) is 0 Å². The van der Waals surface area contributed by atoms with Crippen molar-refractivity contribution in [1.82, 2.24) is 4.90 Å². The van der Waals surface area contributed by atoms with Crippen molar-refractivity contribution in [3.8, 4) is 40.2 Å². The zero-order chi connectivity index (χ0) is 38.7. The van der Waals surface area contributed by atoms with Crippen molar-refractivity contribution < 1.29 is 51.9 Å².